The standard InChI is InChI=1S/C20H26ClN7/c1-11(23-2)16-4-3-14(7-18(16)22)27-20-25-10-17(21)19(28-20)26-15-5-12-8-24-9-13(12)6-15/h3-4,7,10,12-13,15,24H,5-6,8-9,22H2,1-2H3,(H2,25,26,27,28). The molecule has 1 aliphatic carbocycles. The van der Waals surface area contributed by atoms with Crippen LogP contribution in [0.5, 0.6) is 0 Å². The highest BCUT2D eigenvalue weighted by molar-refractivity contribution is 6.32. The van der Waals surface area contributed by atoms with E-state index in [4.69, 9.17) is 17.3 Å². The molecule has 1 saturated carbocycles. The van der Waals surface area contributed by atoms with Gasteiger partial charge in [-0.25, -0.2) is 4.98 Å². The smallest absolute Gasteiger partial charge is 0.229 e. The van der Waals surface area contributed by atoms with Crippen molar-refractivity contribution >= 4 is 40.5 Å². The van der Waals surface area contributed by atoms with Crippen molar-refractivity contribution in [2.75, 3.05) is 36.5 Å². The first kappa shape index (κ1) is 19.0. The number of aliphatic imine (C=N–C) groups is 1. The average Bonchev–Trinajstić information content (AvgIpc) is 3.25. The summed E-state index contributed by atoms with van der Waals surface area (Å²) in [5, 5.41) is 10.7. The van der Waals surface area contributed by atoms with Crippen LogP contribution in [0.4, 0.5) is 23.1 Å². The third-order valence-corrected chi connectivity index (χ3v) is 6.05. The molecule has 2 aliphatic rings. The molecule has 0 radical (unpaired) electrons. The molecule has 2 atom stereocenters. The zero-order chi connectivity index (χ0) is 19.7. The Labute approximate surface area is 170 Å². The molecule has 0 amide bonds. The molecule has 0 bridgehead atoms. The van der Waals surface area contributed by atoms with Gasteiger partial charge in [-0.3, -0.25) is 4.99 Å². The molecule has 2 heterocycles. The van der Waals surface area contributed by atoms with E-state index in [9.17, 15) is 0 Å². The summed E-state index contributed by atoms with van der Waals surface area (Å²) >= 11 is 6.33. The first-order chi connectivity index (χ1) is 13.5. The average molecular weight is 400 g/mol. The Balaban J connectivity index is 1.47. The van der Waals surface area contributed by atoms with Crippen LogP contribution in [0.2, 0.25) is 5.02 Å². The highest BCUT2D eigenvalue weighted by Crippen LogP contribution is 2.36. The number of aromatic nitrogens is 2. The molecule has 1 aromatic carbocycles. The maximum Gasteiger partial charge on any atom is 0.229 e. The van der Waals surface area contributed by atoms with E-state index in [-0.39, 0.29) is 0 Å². The number of hydrogen-bond acceptors (Lipinski definition) is 7. The van der Waals surface area contributed by atoms with E-state index in [1.165, 1.54) is 0 Å². The van der Waals surface area contributed by atoms with Gasteiger partial charge in [0.25, 0.3) is 0 Å². The first-order valence-electron chi connectivity index (χ1n) is 9.63. The van der Waals surface area contributed by atoms with Gasteiger partial charge in [0.2, 0.25) is 5.95 Å². The number of fused-ring (bicyclic) bond motifs is 1. The van der Waals surface area contributed by atoms with Crippen molar-refractivity contribution in [3.8, 4) is 0 Å². The summed E-state index contributed by atoms with van der Waals surface area (Å²) in [5.41, 5.74) is 9.46. The minimum Gasteiger partial charge on any atom is -0.398 e. The van der Waals surface area contributed by atoms with Crippen molar-refractivity contribution in [2.45, 2.75) is 25.8 Å². The van der Waals surface area contributed by atoms with Crippen LogP contribution < -0.4 is 21.7 Å². The number of benzene rings is 1. The highest BCUT2D eigenvalue weighted by Gasteiger charge is 2.37. The van der Waals surface area contributed by atoms with Crippen LogP contribution in [0.3, 0.4) is 0 Å². The summed E-state index contributed by atoms with van der Waals surface area (Å²) in [6.45, 7) is 4.17. The van der Waals surface area contributed by atoms with Crippen molar-refractivity contribution in [3.05, 3.63) is 35.0 Å². The molecule has 1 aromatic heterocycles. The number of nitrogens with zero attached hydrogens (tertiary/aromatic N) is 3. The van der Waals surface area contributed by atoms with E-state index in [1.54, 1.807) is 13.2 Å². The van der Waals surface area contributed by atoms with Gasteiger partial charge < -0.3 is 21.7 Å². The zero-order valence-corrected chi connectivity index (χ0v) is 16.9. The van der Waals surface area contributed by atoms with Crippen LogP contribution in [0, 0.1) is 11.8 Å². The Bertz CT molecular complexity index is 886. The molecule has 2 aromatic rings. The molecule has 8 heteroatoms. The molecule has 148 valence electrons. The van der Waals surface area contributed by atoms with E-state index >= 15 is 0 Å². The van der Waals surface area contributed by atoms with Crippen LogP contribution in [-0.4, -0.2) is 41.9 Å². The highest BCUT2D eigenvalue weighted by atomic mass is 35.5. The zero-order valence-electron chi connectivity index (χ0n) is 16.2. The number of nitrogens with two attached hydrogens (primary N) is 1. The molecule has 2 fully saturated rings. The van der Waals surface area contributed by atoms with E-state index < -0.39 is 0 Å². The Kier molecular flexibility index (Phi) is 5.37. The Hall–Kier alpha value is -2.38. The second-order valence-corrected chi connectivity index (χ2v) is 8.02. The number of nitrogens with one attached hydrogen (secondary N) is 3. The van der Waals surface area contributed by atoms with Crippen molar-refractivity contribution in [2.24, 2.45) is 16.8 Å². The summed E-state index contributed by atoms with van der Waals surface area (Å²) in [5.74, 6) is 2.68. The lowest BCUT2D eigenvalue weighted by atomic mass is 10.0. The van der Waals surface area contributed by atoms with Gasteiger partial charge in [0.1, 0.15) is 5.02 Å². The van der Waals surface area contributed by atoms with Crippen molar-refractivity contribution in [1.29, 1.82) is 0 Å². The lowest BCUT2D eigenvalue weighted by molar-refractivity contribution is 0.494. The normalized spacial score (nSPS) is 24.2. The first-order valence-corrected chi connectivity index (χ1v) is 10.0. The molecule has 5 N–H and O–H groups in total. The SMILES string of the molecule is CN=C(C)c1ccc(Nc2ncc(Cl)c(NC3CC4CNCC4C3)n2)cc1N. The van der Waals surface area contributed by atoms with Gasteiger partial charge in [0.15, 0.2) is 5.82 Å². The van der Waals surface area contributed by atoms with E-state index in [0.717, 1.165) is 54.7 Å². The molecule has 4 rings (SSSR count). The predicted molar refractivity (Wildman–Crippen MR) is 116 cm³/mol. The lowest BCUT2D eigenvalue weighted by Gasteiger charge is -2.16. The van der Waals surface area contributed by atoms with Gasteiger partial charge in [-0.15, -0.1) is 0 Å². The van der Waals surface area contributed by atoms with Crippen molar-refractivity contribution in [3.63, 3.8) is 0 Å². The molecule has 2 unspecified atom stereocenters. The summed E-state index contributed by atoms with van der Waals surface area (Å²) in [7, 11) is 1.76. The Morgan fingerprint density at radius 1 is 1.29 bits per heavy atom. The van der Waals surface area contributed by atoms with Crippen LogP contribution in [-0.2, 0) is 0 Å². The van der Waals surface area contributed by atoms with Crippen LogP contribution >= 0.6 is 11.6 Å². The summed E-state index contributed by atoms with van der Waals surface area (Å²) in [4.78, 5) is 13.1. The third kappa shape index (κ3) is 3.91. The molecule has 1 aliphatic heterocycles. The fourth-order valence-corrected chi connectivity index (χ4v) is 4.37. The van der Waals surface area contributed by atoms with Gasteiger partial charge in [-0.05, 0) is 62.9 Å². The summed E-state index contributed by atoms with van der Waals surface area (Å²) in [6, 6.07) is 6.15. The van der Waals surface area contributed by atoms with Gasteiger partial charge in [0.05, 0.1) is 6.20 Å². The quantitative estimate of drug-likeness (QED) is 0.454. The van der Waals surface area contributed by atoms with Gasteiger partial charge in [0, 0.05) is 35.7 Å². The second-order valence-electron chi connectivity index (χ2n) is 7.62. The second kappa shape index (κ2) is 7.93. The van der Waals surface area contributed by atoms with Gasteiger partial charge >= 0.3 is 0 Å². The van der Waals surface area contributed by atoms with Crippen LogP contribution in [0.1, 0.15) is 25.3 Å². The minimum absolute atomic E-state index is 0.406. The van der Waals surface area contributed by atoms with E-state index in [0.29, 0.717) is 28.5 Å². The molecule has 28 heavy (non-hydrogen) atoms. The van der Waals surface area contributed by atoms with E-state index in [2.05, 4.69) is 30.9 Å². The largest absolute Gasteiger partial charge is 0.398 e. The van der Waals surface area contributed by atoms with Crippen molar-refractivity contribution < 1.29 is 0 Å². The number of anilines is 4. The molecule has 7 nitrogen and oxygen atoms in total. The summed E-state index contributed by atoms with van der Waals surface area (Å²) < 4.78 is 0. The fraction of sp³-hybridized carbons (Fsp3) is 0.450. The molecular weight excluding hydrogens is 374 g/mol. The van der Waals surface area contributed by atoms with Gasteiger partial charge in [-0.2, -0.15) is 4.98 Å². The number of nitrogen functional groups attached to an aromatic ring is 1. The maximum absolute atomic E-state index is 6.33. The monoisotopic (exact) mass is 399 g/mol. The predicted octanol–water partition coefficient (Wildman–Crippen LogP) is 3.30. The Morgan fingerprint density at radius 2 is 2.04 bits per heavy atom. The third-order valence-electron chi connectivity index (χ3n) is 5.77. The molecule has 0 spiro atoms. The minimum atomic E-state index is 0.406. The van der Waals surface area contributed by atoms with Gasteiger partial charge in [-0.1, -0.05) is 11.6 Å². The molecule has 1 saturated heterocycles. The topological polar surface area (TPSA) is 100 Å². The molecular formula is C20H26ClN7. The summed E-state index contributed by atoms with van der Waals surface area (Å²) in [6.07, 6.45) is 3.93. The van der Waals surface area contributed by atoms with E-state index in [1.807, 2.05) is 25.1 Å². The maximum atomic E-state index is 6.33. The fourth-order valence-electron chi connectivity index (χ4n) is 4.23. The Morgan fingerprint density at radius 3 is 2.71 bits per heavy atom. The number of rotatable bonds is 5. The number of halogens is 1. The lowest BCUT2D eigenvalue weighted by Crippen LogP contribution is -2.21. The van der Waals surface area contributed by atoms with Crippen LogP contribution in [0.25, 0.3) is 0 Å². The number of hydrogen-bond donors (Lipinski definition) is 4. The van der Waals surface area contributed by atoms with Crippen molar-refractivity contribution in [1.82, 2.24) is 15.3 Å². The van der Waals surface area contributed by atoms with Crippen LogP contribution in [0.15, 0.2) is 29.4 Å².